The van der Waals surface area contributed by atoms with Gasteiger partial charge in [0.2, 0.25) is 10.0 Å². The van der Waals surface area contributed by atoms with Gasteiger partial charge in [0.05, 0.1) is 10.9 Å². The maximum Gasteiger partial charge on any atom is 0.244 e. The Balaban J connectivity index is 1.75. The number of ketones is 1. The second kappa shape index (κ2) is 7.00. The highest BCUT2D eigenvalue weighted by Crippen LogP contribution is 2.49. The molecule has 0 aromatic heterocycles. The average Bonchev–Trinajstić information content (AvgIpc) is 3.45. The van der Waals surface area contributed by atoms with Crippen LogP contribution in [0.1, 0.15) is 33.1 Å². The quantitative estimate of drug-likeness (QED) is 0.481. The minimum atomic E-state index is -3.78. The normalized spacial score (nSPS) is 21.3. The van der Waals surface area contributed by atoms with E-state index >= 15 is 0 Å². The van der Waals surface area contributed by atoms with Crippen molar-refractivity contribution in [2.24, 2.45) is 0 Å². The van der Waals surface area contributed by atoms with Crippen molar-refractivity contribution in [3.63, 3.8) is 0 Å². The lowest BCUT2D eigenvalue weighted by atomic mass is 10.0. The molecule has 1 aliphatic heterocycles. The number of carbonyl (C=O) groups is 1. The van der Waals surface area contributed by atoms with Crippen molar-refractivity contribution in [3.8, 4) is 0 Å². The molecule has 0 saturated carbocycles. The Bertz CT molecular complexity index is 1100. The molecule has 28 heavy (non-hydrogen) atoms. The fraction of sp³-hybridized carbons (Fsp3) is 0.174. The van der Waals surface area contributed by atoms with E-state index in [1.54, 1.807) is 48.5 Å². The number of hydrogen-bond donors (Lipinski definition) is 0. The summed E-state index contributed by atoms with van der Waals surface area (Å²) < 4.78 is 27.9. The molecule has 0 spiro atoms. The number of benzene rings is 3. The van der Waals surface area contributed by atoms with Crippen molar-refractivity contribution in [2.75, 3.05) is 0 Å². The third kappa shape index (κ3) is 3.28. The molecular formula is C23H21NO3S. The van der Waals surface area contributed by atoms with Gasteiger partial charge >= 0.3 is 0 Å². The van der Waals surface area contributed by atoms with E-state index in [9.17, 15) is 13.2 Å². The lowest BCUT2D eigenvalue weighted by molar-refractivity contribution is 0.0981. The minimum absolute atomic E-state index is 0.179. The Hall–Kier alpha value is -2.76. The first-order valence-electron chi connectivity index (χ1n) is 9.15. The summed E-state index contributed by atoms with van der Waals surface area (Å²) in [5, 5.41) is 0. The third-order valence-corrected chi connectivity index (χ3v) is 6.98. The van der Waals surface area contributed by atoms with Gasteiger partial charge in [-0.05, 0) is 31.5 Å². The average molecular weight is 391 g/mol. The van der Waals surface area contributed by atoms with Gasteiger partial charge in [-0.25, -0.2) is 8.42 Å². The number of hydrogen-bond acceptors (Lipinski definition) is 3. The molecule has 0 bridgehead atoms. The lowest BCUT2D eigenvalue weighted by Crippen LogP contribution is -2.19. The van der Waals surface area contributed by atoms with E-state index in [4.69, 9.17) is 0 Å². The van der Waals surface area contributed by atoms with Crippen molar-refractivity contribution in [2.45, 2.75) is 30.8 Å². The van der Waals surface area contributed by atoms with Crippen LogP contribution < -0.4 is 0 Å². The maximum absolute atomic E-state index is 13.3. The Labute approximate surface area is 165 Å². The van der Waals surface area contributed by atoms with Crippen LogP contribution in [0.25, 0.3) is 0 Å². The Morgan fingerprint density at radius 2 is 1.32 bits per heavy atom. The molecule has 1 fully saturated rings. The molecule has 3 atom stereocenters. The minimum Gasteiger partial charge on any atom is -0.292 e. The predicted octanol–water partition coefficient (Wildman–Crippen LogP) is 4.30. The summed E-state index contributed by atoms with van der Waals surface area (Å²) in [6, 6.07) is 22.1. The molecule has 1 saturated heterocycles. The highest BCUT2D eigenvalue weighted by atomic mass is 32.2. The van der Waals surface area contributed by atoms with Crippen LogP contribution in [-0.4, -0.2) is 24.5 Å². The fourth-order valence-corrected chi connectivity index (χ4v) is 5.18. The smallest absolute Gasteiger partial charge is 0.244 e. The third-order valence-electron chi connectivity index (χ3n) is 5.10. The van der Waals surface area contributed by atoms with Crippen molar-refractivity contribution in [3.05, 3.63) is 101 Å². The Morgan fingerprint density at radius 3 is 1.89 bits per heavy atom. The molecule has 3 aromatic carbocycles. The van der Waals surface area contributed by atoms with Gasteiger partial charge < -0.3 is 0 Å². The van der Waals surface area contributed by atoms with Crippen LogP contribution >= 0.6 is 0 Å². The van der Waals surface area contributed by atoms with Gasteiger partial charge in [-0.3, -0.25) is 4.79 Å². The maximum atomic E-state index is 13.3. The van der Waals surface area contributed by atoms with E-state index in [1.807, 2.05) is 44.2 Å². The number of nitrogens with zero attached hydrogens (tertiary/aromatic N) is 1. The van der Waals surface area contributed by atoms with Gasteiger partial charge in [-0.2, -0.15) is 4.31 Å². The van der Waals surface area contributed by atoms with E-state index < -0.39 is 22.1 Å². The summed E-state index contributed by atoms with van der Waals surface area (Å²) in [5.74, 6) is -0.179. The zero-order chi connectivity index (χ0) is 19.9. The van der Waals surface area contributed by atoms with Crippen LogP contribution in [0, 0.1) is 13.8 Å². The van der Waals surface area contributed by atoms with Crippen LogP contribution in [0.5, 0.6) is 0 Å². The Kier molecular flexibility index (Phi) is 4.65. The van der Waals surface area contributed by atoms with Crippen LogP contribution in [-0.2, 0) is 10.0 Å². The zero-order valence-electron chi connectivity index (χ0n) is 15.7. The number of carbonyl (C=O) groups excluding carboxylic acids is 1. The van der Waals surface area contributed by atoms with Crippen LogP contribution in [0.2, 0.25) is 0 Å². The number of sulfonamides is 1. The number of rotatable bonds is 5. The summed E-state index contributed by atoms with van der Waals surface area (Å²) >= 11 is 0. The summed E-state index contributed by atoms with van der Waals surface area (Å²) in [6.07, 6.45) is 0. The van der Waals surface area contributed by atoms with Gasteiger partial charge in [0, 0.05) is 5.56 Å². The molecule has 142 valence electrons. The molecule has 4 nitrogen and oxygen atoms in total. The largest absolute Gasteiger partial charge is 0.292 e. The summed E-state index contributed by atoms with van der Waals surface area (Å²) in [7, 11) is -3.78. The summed E-state index contributed by atoms with van der Waals surface area (Å²) in [6.45, 7) is 3.88. The summed E-state index contributed by atoms with van der Waals surface area (Å²) in [5.41, 5.74) is 3.42. The molecule has 4 rings (SSSR count). The SMILES string of the molecule is Cc1ccc([C@H]2[C@H](C(=O)c3ccccc3)N2S(=O)(=O)c2ccc(C)cc2)cc1. The molecule has 1 heterocycles. The molecule has 0 aliphatic carbocycles. The van der Waals surface area contributed by atoms with E-state index in [0.717, 1.165) is 16.7 Å². The first-order chi connectivity index (χ1) is 13.4. The molecule has 0 radical (unpaired) electrons. The zero-order valence-corrected chi connectivity index (χ0v) is 16.6. The van der Waals surface area contributed by atoms with Crippen LogP contribution in [0.4, 0.5) is 0 Å². The molecule has 0 amide bonds. The van der Waals surface area contributed by atoms with Gasteiger partial charge in [0.25, 0.3) is 0 Å². The number of aryl methyl sites for hydroxylation is 2. The van der Waals surface area contributed by atoms with E-state index in [1.165, 1.54) is 4.31 Å². The second-order valence-electron chi connectivity index (χ2n) is 7.18. The molecule has 0 N–H and O–H groups in total. The van der Waals surface area contributed by atoms with Crippen molar-refractivity contribution < 1.29 is 13.2 Å². The fourth-order valence-electron chi connectivity index (χ4n) is 3.47. The predicted molar refractivity (Wildman–Crippen MR) is 109 cm³/mol. The Morgan fingerprint density at radius 1 is 0.786 bits per heavy atom. The standard InChI is InChI=1S/C23H21NO3S/c1-16-8-12-18(13-9-16)21-22(23(25)19-6-4-3-5-7-19)24(21)28(26,27)20-14-10-17(2)11-15-20/h3-15,21-22H,1-2H3/t21-,22+,24?/m0/s1. The highest BCUT2D eigenvalue weighted by molar-refractivity contribution is 7.89. The van der Waals surface area contributed by atoms with Crippen LogP contribution in [0.15, 0.2) is 83.8 Å². The topological polar surface area (TPSA) is 54.2 Å². The molecule has 5 heteroatoms. The molecule has 1 aliphatic rings. The summed E-state index contributed by atoms with van der Waals surface area (Å²) in [4.78, 5) is 13.3. The molecule has 1 unspecified atom stereocenters. The molecular weight excluding hydrogens is 370 g/mol. The van der Waals surface area contributed by atoms with Crippen LogP contribution in [0.3, 0.4) is 0 Å². The first kappa shape index (κ1) is 18.6. The van der Waals surface area contributed by atoms with Crippen molar-refractivity contribution >= 4 is 15.8 Å². The van der Waals surface area contributed by atoms with E-state index in [0.29, 0.717) is 5.56 Å². The number of Topliss-reactive ketones (excluding diaryl/α,β-unsaturated/α-hetero) is 1. The highest BCUT2D eigenvalue weighted by Gasteiger charge is 2.60. The monoisotopic (exact) mass is 391 g/mol. The van der Waals surface area contributed by atoms with Crippen molar-refractivity contribution in [1.82, 2.24) is 4.31 Å². The van der Waals surface area contributed by atoms with Gasteiger partial charge in [0.15, 0.2) is 5.78 Å². The molecule has 3 aromatic rings. The lowest BCUT2D eigenvalue weighted by Gasteiger charge is -2.07. The van der Waals surface area contributed by atoms with Gasteiger partial charge in [0.1, 0.15) is 6.04 Å². The van der Waals surface area contributed by atoms with Gasteiger partial charge in [-0.15, -0.1) is 0 Å². The first-order valence-corrected chi connectivity index (χ1v) is 10.6. The second-order valence-corrected chi connectivity index (χ2v) is 9.02. The van der Waals surface area contributed by atoms with Crippen molar-refractivity contribution in [1.29, 1.82) is 0 Å². The van der Waals surface area contributed by atoms with E-state index in [2.05, 4.69) is 0 Å². The van der Waals surface area contributed by atoms with E-state index in [-0.39, 0.29) is 10.7 Å². The van der Waals surface area contributed by atoms with Gasteiger partial charge in [-0.1, -0.05) is 77.9 Å².